The van der Waals surface area contributed by atoms with Crippen molar-refractivity contribution in [2.45, 2.75) is 18.5 Å². The summed E-state index contributed by atoms with van der Waals surface area (Å²) in [6.07, 6.45) is 1.85. The Labute approximate surface area is 124 Å². The summed E-state index contributed by atoms with van der Waals surface area (Å²) in [5.74, 6) is -0.334. The number of amides is 1. The summed E-state index contributed by atoms with van der Waals surface area (Å²) in [6.45, 7) is 0.152. The molecule has 0 aliphatic carbocycles. The molecule has 1 aliphatic rings. The highest BCUT2D eigenvalue weighted by Crippen LogP contribution is 2.22. The molecule has 1 aromatic rings. The molecule has 0 bridgehead atoms. The molecule has 0 aromatic heterocycles. The number of carbonyl (C=O) groups excluding carboxylic acids is 1. The van der Waals surface area contributed by atoms with Gasteiger partial charge >= 0.3 is 0 Å². The molecule has 6 nitrogen and oxygen atoms in total. The molecule has 1 aromatic carbocycles. The van der Waals surface area contributed by atoms with E-state index >= 15 is 0 Å². The van der Waals surface area contributed by atoms with Crippen LogP contribution in [0.5, 0.6) is 0 Å². The van der Waals surface area contributed by atoms with Gasteiger partial charge in [-0.3, -0.25) is 4.79 Å². The Kier molecular flexibility index (Phi) is 4.76. The number of nitrogens with zero attached hydrogens (tertiary/aromatic N) is 1. The number of sulfonamides is 1. The van der Waals surface area contributed by atoms with Crippen LogP contribution in [0.1, 0.15) is 12.0 Å². The highest BCUT2D eigenvalue weighted by molar-refractivity contribution is 7.92. The fraction of sp³-hybridized carbons (Fsp3) is 0.357. The van der Waals surface area contributed by atoms with Gasteiger partial charge in [0.2, 0.25) is 15.9 Å². The van der Waals surface area contributed by atoms with Gasteiger partial charge in [0, 0.05) is 25.0 Å². The Morgan fingerprint density at radius 2 is 2.05 bits per heavy atom. The van der Waals surface area contributed by atoms with E-state index in [1.807, 2.05) is 18.2 Å². The Bertz CT molecular complexity index is 628. The van der Waals surface area contributed by atoms with Crippen molar-refractivity contribution in [3.63, 3.8) is 0 Å². The summed E-state index contributed by atoms with van der Waals surface area (Å²) < 4.78 is 25.9. The van der Waals surface area contributed by atoms with Gasteiger partial charge in [-0.1, -0.05) is 30.3 Å². The van der Waals surface area contributed by atoms with E-state index < -0.39 is 16.1 Å². The van der Waals surface area contributed by atoms with Gasteiger partial charge < -0.3 is 11.1 Å². The molecule has 114 valence electrons. The molecule has 1 heterocycles. The zero-order valence-electron chi connectivity index (χ0n) is 11.8. The van der Waals surface area contributed by atoms with Crippen molar-refractivity contribution >= 4 is 22.0 Å². The van der Waals surface area contributed by atoms with E-state index in [1.165, 1.54) is 13.1 Å². The lowest BCUT2D eigenvalue weighted by Gasteiger charge is -2.20. The van der Waals surface area contributed by atoms with Crippen molar-refractivity contribution in [1.82, 2.24) is 9.62 Å². The van der Waals surface area contributed by atoms with E-state index in [4.69, 9.17) is 5.73 Å². The first-order valence-corrected chi connectivity index (χ1v) is 8.16. The summed E-state index contributed by atoms with van der Waals surface area (Å²) in [7, 11) is -2.20. The standard InChI is InChI=1S/C14H19N3O3S/c1-16-14(18)13-9-12(15)10-17(13)21(19,20)8-7-11-5-3-2-4-6-11/h2-8,12-13H,9-10,15H2,1H3,(H,16,18)/t12-,13-/m0/s1. The molecule has 1 amide bonds. The third kappa shape index (κ3) is 3.69. The quantitative estimate of drug-likeness (QED) is 0.827. The van der Waals surface area contributed by atoms with Crippen LogP contribution < -0.4 is 11.1 Å². The van der Waals surface area contributed by atoms with Crippen molar-refractivity contribution in [3.05, 3.63) is 41.3 Å². The minimum absolute atomic E-state index is 0.152. The predicted molar refractivity (Wildman–Crippen MR) is 81.5 cm³/mol. The third-order valence-corrected chi connectivity index (χ3v) is 4.93. The van der Waals surface area contributed by atoms with Gasteiger partial charge in [-0.15, -0.1) is 0 Å². The minimum Gasteiger partial charge on any atom is -0.358 e. The molecule has 0 saturated carbocycles. The van der Waals surface area contributed by atoms with Crippen LogP contribution in [0.25, 0.3) is 6.08 Å². The van der Waals surface area contributed by atoms with Crippen LogP contribution >= 0.6 is 0 Å². The van der Waals surface area contributed by atoms with E-state index in [0.29, 0.717) is 6.42 Å². The van der Waals surface area contributed by atoms with Crippen LogP contribution in [0.15, 0.2) is 35.7 Å². The second-order valence-electron chi connectivity index (χ2n) is 4.95. The maximum absolute atomic E-state index is 12.4. The topological polar surface area (TPSA) is 92.5 Å². The van der Waals surface area contributed by atoms with Gasteiger partial charge in [0.05, 0.1) is 0 Å². The molecule has 0 spiro atoms. The van der Waals surface area contributed by atoms with Crippen LogP contribution in [-0.4, -0.2) is 44.3 Å². The fourth-order valence-electron chi connectivity index (χ4n) is 2.33. The maximum Gasteiger partial charge on any atom is 0.238 e. The number of nitrogens with one attached hydrogen (secondary N) is 1. The number of carbonyl (C=O) groups is 1. The lowest BCUT2D eigenvalue weighted by atomic mass is 10.2. The number of benzene rings is 1. The molecular formula is C14H19N3O3S. The first kappa shape index (κ1) is 15.7. The van der Waals surface area contributed by atoms with Crippen LogP contribution in [0, 0.1) is 0 Å². The number of likely N-dealkylation sites (N-methyl/N-ethyl adjacent to an activating group) is 1. The van der Waals surface area contributed by atoms with E-state index in [0.717, 1.165) is 15.3 Å². The maximum atomic E-state index is 12.4. The smallest absolute Gasteiger partial charge is 0.238 e. The molecule has 2 atom stereocenters. The zero-order chi connectivity index (χ0) is 15.5. The first-order valence-electron chi connectivity index (χ1n) is 6.66. The predicted octanol–water partition coefficient (Wildman–Crippen LogP) is 0.135. The number of rotatable bonds is 4. The van der Waals surface area contributed by atoms with Crippen LogP contribution in [-0.2, 0) is 14.8 Å². The summed E-state index contributed by atoms with van der Waals surface area (Å²) >= 11 is 0. The van der Waals surface area contributed by atoms with Crippen molar-refractivity contribution in [2.75, 3.05) is 13.6 Å². The van der Waals surface area contributed by atoms with Crippen LogP contribution in [0.2, 0.25) is 0 Å². The average Bonchev–Trinajstić information content (AvgIpc) is 2.88. The normalized spacial score (nSPS) is 23.5. The number of nitrogens with two attached hydrogens (primary N) is 1. The average molecular weight is 309 g/mol. The minimum atomic E-state index is -3.68. The summed E-state index contributed by atoms with van der Waals surface area (Å²) in [4.78, 5) is 11.8. The van der Waals surface area contributed by atoms with Crippen molar-refractivity contribution in [3.8, 4) is 0 Å². The zero-order valence-corrected chi connectivity index (χ0v) is 12.6. The lowest BCUT2D eigenvalue weighted by molar-refractivity contribution is -0.123. The highest BCUT2D eigenvalue weighted by atomic mass is 32.2. The van der Waals surface area contributed by atoms with Gasteiger partial charge in [0.25, 0.3) is 0 Å². The summed E-state index contributed by atoms with van der Waals surface area (Å²) in [6, 6.07) is 8.04. The van der Waals surface area contributed by atoms with Gasteiger partial charge in [0.15, 0.2) is 0 Å². The summed E-state index contributed by atoms with van der Waals surface area (Å²) in [5.41, 5.74) is 6.58. The van der Waals surface area contributed by atoms with E-state index in [-0.39, 0.29) is 18.5 Å². The van der Waals surface area contributed by atoms with E-state index in [1.54, 1.807) is 12.1 Å². The van der Waals surface area contributed by atoms with E-state index in [2.05, 4.69) is 5.32 Å². The second kappa shape index (κ2) is 6.38. The van der Waals surface area contributed by atoms with Gasteiger partial charge in [-0.25, -0.2) is 8.42 Å². The number of hydrogen-bond acceptors (Lipinski definition) is 4. The molecule has 1 fully saturated rings. The van der Waals surface area contributed by atoms with Crippen molar-refractivity contribution in [2.24, 2.45) is 5.73 Å². The monoisotopic (exact) mass is 309 g/mol. The Balaban J connectivity index is 2.22. The third-order valence-electron chi connectivity index (χ3n) is 3.40. The Morgan fingerprint density at radius 1 is 1.38 bits per heavy atom. The molecule has 0 radical (unpaired) electrons. The molecule has 7 heteroatoms. The molecule has 0 unspecified atom stereocenters. The Hall–Kier alpha value is -1.70. The SMILES string of the molecule is CNC(=O)[C@@H]1C[C@H](N)CN1S(=O)(=O)C=Cc1ccccc1. The first-order chi connectivity index (χ1) is 9.94. The molecular weight excluding hydrogens is 290 g/mol. The molecule has 1 saturated heterocycles. The van der Waals surface area contributed by atoms with E-state index in [9.17, 15) is 13.2 Å². The molecule has 2 rings (SSSR count). The summed E-state index contributed by atoms with van der Waals surface area (Å²) in [5, 5.41) is 3.60. The highest BCUT2D eigenvalue weighted by Gasteiger charge is 2.40. The van der Waals surface area contributed by atoms with Crippen molar-refractivity contribution < 1.29 is 13.2 Å². The van der Waals surface area contributed by atoms with Crippen LogP contribution in [0.4, 0.5) is 0 Å². The van der Waals surface area contributed by atoms with Gasteiger partial charge in [0.1, 0.15) is 6.04 Å². The largest absolute Gasteiger partial charge is 0.358 e. The second-order valence-corrected chi connectivity index (χ2v) is 6.73. The fourth-order valence-corrected chi connectivity index (χ4v) is 3.75. The molecule has 1 aliphatic heterocycles. The van der Waals surface area contributed by atoms with Gasteiger partial charge in [-0.05, 0) is 18.1 Å². The lowest BCUT2D eigenvalue weighted by Crippen LogP contribution is -2.44. The molecule has 21 heavy (non-hydrogen) atoms. The van der Waals surface area contributed by atoms with Gasteiger partial charge in [-0.2, -0.15) is 4.31 Å². The van der Waals surface area contributed by atoms with Crippen molar-refractivity contribution in [1.29, 1.82) is 0 Å². The molecule has 3 N–H and O–H groups in total. The van der Waals surface area contributed by atoms with Crippen LogP contribution in [0.3, 0.4) is 0 Å². The number of hydrogen-bond donors (Lipinski definition) is 2. The Morgan fingerprint density at radius 3 is 2.67 bits per heavy atom.